The van der Waals surface area contributed by atoms with Gasteiger partial charge in [0.2, 0.25) is 0 Å². The van der Waals surface area contributed by atoms with E-state index in [2.05, 4.69) is 9.72 Å². The van der Waals surface area contributed by atoms with Crippen molar-refractivity contribution in [3.8, 4) is 16.3 Å². The molecule has 0 atom stereocenters. The van der Waals surface area contributed by atoms with Crippen molar-refractivity contribution in [3.05, 3.63) is 71.2 Å². The van der Waals surface area contributed by atoms with Crippen molar-refractivity contribution in [1.82, 2.24) is 4.98 Å². The number of halogens is 2. The van der Waals surface area contributed by atoms with Gasteiger partial charge in [-0.2, -0.15) is 8.78 Å². The standard InChI is InChI=1S/C19H13F2NO4S/c20-19(21)26-14-8-6-12(7-9-14)16(23)10-25-18(24)15-11-27-17(22-15)13-4-2-1-3-5-13/h1-9,11,19H,10H2. The van der Waals surface area contributed by atoms with Crippen molar-refractivity contribution < 1.29 is 27.8 Å². The van der Waals surface area contributed by atoms with Crippen LogP contribution in [0.2, 0.25) is 0 Å². The monoisotopic (exact) mass is 389 g/mol. The van der Waals surface area contributed by atoms with E-state index in [1.54, 1.807) is 5.38 Å². The Hall–Kier alpha value is -3.13. The van der Waals surface area contributed by atoms with Crippen molar-refractivity contribution in [1.29, 1.82) is 0 Å². The Morgan fingerprint density at radius 1 is 1.04 bits per heavy atom. The van der Waals surface area contributed by atoms with E-state index in [-0.39, 0.29) is 17.0 Å². The molecule has 5 nitrogen and oxygen atoms in total. The molecule has 0 saturated heterocycles. The number of carbonyl (C=O) groups excluding carboxylic acids is 2. The van der Waals surface area contributed by atoms with Gasteiger partial charge in [-0.15, -0.1) is 11.3 Å². The predicted octanol–water partition coefficient (Wildman–Crippen LogP) is 4.45. The fourth-order valence-electron chi connectivity index (χ4n) is 2.19. The van der Waals surface area contributed by atoms with Crippen molar-refractivity contribution in [2.75, 3.05) is 6.61 Å². The highest BCUT2D eigenvalue weighted by atomic mass is 32.1. The first kappa shape index (κ1) is 18.7. The fourth-order valence-corrected chi connectivity index (χ4v) is 2.99. The normalized spacial score (nSPS) is 10.6. The van der Waals surface area contributed by atoms with E-state index >= 15 is 0 Å². The third kappa shape index (κ3) is 4.95. The molecule has 0 aliphatic rings. The molecule has 3 aromatic rings. The Bertz CT molecular complexity index is 926. The van der Waals surface area contributed by atoms with Crippen molar-refractivity contribution in [3.63, 3.8) is 0 Å². The Kier molecular flexibility index (Phi) is 5.87. The van der Waals surface area contributed by atoms with Crippen LogP contribution in [0.15, 0.2) is 60.0 Å². The molecule has 1 heterocycles. The molecule has 8 heteroatoms. The lowest BCUT2D eigenvalue weighted by Crippen LogP contribution is -2.14. The van der Waals surface area contributed by atoms with Crippen LogP contribution in [0, 0.1) is 0 Å². The maximum absolute atomic E-state index is 12.1. The molecule has 0 aliphatic carbocycles. The zero-order chi connectivity index (χ0) is 19.2. The van der Waals surface area contributed by atoms with Crippen LogP contribution >= 0.6 is 11.3 Å². The number of ether oxygens (including phenoxy) is 2. The minimum absolute atomic E-state index is 0.0607. The third-order valence-corrected chi connectivity index (χ3v) is 4.36. The van der Waals surface area contributed by atoms with Gasteiger partial charge in [0.25, 0.3) is 0 Å². The number of hydrogen-bond donors (Lipinski definition) is 0. The van der Waals surface area contributed by atoms with Crippen molar-refractivity contribution in [2.24, 2.45) is 0 Å². The molecule has 0 bridgehead atoms. The Labute approximate surface area is 157 Å². The van der Waals surface area contributed by atoms with Gasteiger partial charge < -0.3 is 9.47 Å². The highest BCUT2D eigenvalue weighted by Crippen LogP contribution is 2.23. The molecular weight excluding hydrogens is 376 g/mol. The van der Waals surface area contributed by atoms with E-state index in [0.717, 1.165) is 5.56 Å². The highest BCUT2D eigenvalue weighted by molar-refractivity contribution is 7.13. The predicted molar refractivity (Wildman–Crippen MR) is 95.2 cm³/mol. The number of esters is 1. The van der Waals surface area contributed by atoms with Crippen LogP contribution in [0.4, 0.5) is 8.78 Å². The summed E-state index contributed by atoms with van der Waals surface area (Å²) in [7, 11) is 0. The maximum atomic E-state index is 12.1. The summed E-state index contributed by atoms with van der Waals surface area (Å²) >= 11 is 1.30. The van der Waals surface area contributed by atoms with E-state index in [9.17, 15) is 18.4 Å². The molecule has 27 heavy (non-hydrogen) atoms. The number of ketones is 1. The van der Waals surface area contributed by atoms with E-state index in [4.69, 9.17) is 4.74 Å². The van der Waals surface area contributed by atoms with Crippen LogP contribution in [0.3, 0.4) is 0 Å². The molecule has 0 spiro atoms. The first-order valence-corrected chi connectivity index (χ1v) is 8.67. The molecule has 1 aromatic heterocycles. The van der Waals surface area contributed by atoms with Gasteiger partial charge in [0, 0.05) is 16.5 Å². The van der Waals surface area contributed by atoms with Gasteiger partial charge in [-0.3, -0.25) is 4.79 Å². The van der Waals surface area contributed by atoms with Gasteiger partial charge in [-0.1, -0.05) is 30.3 Å². The first-order valence-electron chi connectivity index (χ1n) is 7.79. The number of benzene rings is 2. The molecule has 0 radical (unpaired) electrons. The first-order chi connectivity index (χ1) is 13.0. The maximum Gasteiger partial charge on any atom is 0.387 e. The quantitative estimate of drug-likeness (QED) is 0.441. The second-order valence-electron chi connectivity index (χ2n) is 5.31. The lowest BCUT2D eigenvalue weighted by molar-refractivity contribution is -0.0498. The SMILES string of the molecule is O=C(COC(=O)c1csc(-c2ccccc2)n1)c1ccc(OC(F)F)cc1. The lowest BCUT2D eigenvalue weighted by atomic mass is 10.1. The number of alkyl halides is 2. The summed E-state index contributed by atoms with van der Waals surface area (Å²) in [6, 6.07) is 14.5. The van der Waals surface area contributed by atoms with E-state index in [0.29, 0.717) is 5.01 Å². The van der Waals surface area contributed by atoms with E-state index < -0.39 is 25.0 Å². The number of hydrogen-bond acceptors (Lipinski definition) is 6. The summed E-state index contributed by atoms with van der Waals surface area (Å²) in [5, 5.41) is 2.23. The Balaban J connectivity index is 1.57. The van der Waals surface area contributed by atoms with Crippen LogP contribution < -0.4 is 4.74 Å². The average Bonchev–Trinajstić information content (AvgIpc) is 3.17. The van der Waals surface area contributed by atoms with Crippen LogP contribution in [0.25, 0.3) is 10.6 Å². The third-order valence-electron chi connectivity index (χ3n) is 3.47. The summed E-state index contributed by atoms with van der Waals surface area (Å²) in [5.41, 5.74) is 1.21. The molecule has 3 rings (SSSR count). The van der Waals surface area contributed by atoms with Crippen molar-refractivity contribution in [2.45, 2.75) is 6.61 Å². The average molecular weight is 389 g/mol. The zero-order valence-electron chi connectivity index (χ0n) is 13.8. The second kappa shape index (κ2) is 8.50. The smallest absolute Gasteiger partial charge is 0.387 e. The van der Waals surface area contributed by atoms with E-state index in [1.807, 2.05) is 30.3 Å². The number of nitrogens with zero attached hydrogens (tertiary/aromatic N) is 1. The topological polar surface area (TPSA) is 65.5 Å². The van der Waals surface area contributed by atoms with Crippen LogP contribution in [0.1, 0.15) is 20.8 Å². The summed E-state index contributed by atoms with van der Waals surface area (Å²) in [6.07, 6.45) is 0. The minimum atomic E-state index is -2.94. The van der Waals surface area contributed by atoms with E-state index in [1.165, 1.54) is 35.6 Å². The molecule has 2 aromatic carbocycles. The molecule has 0 amide bonds. The number of aromatic nitrogens is 1. The van der Waals surface area contributed by atoms with Gasteiger partial charge in [0.05, 0.1) is 0 Å². The lowest BCUT2D eigenvalue weighted by Gasteiger charge is -2.06. The molecule has 0 fully saturated rings. The molecule has 0 saturated carbocycles. The molecule has 0 N–H and O–H groups in total. The highest BCUT2D eigenvalue weighted by Gasteiger charge is 2.16. The zero-order valence-corrected chi connectivity index (χ0v) is 14.6. The molecular formula is C19H13F2NO4S. The largest absolute Gasteiger partial charge is 0.453 e. The number of carbonyl (C=O) groups is 2. The molecule has 0 unspecified atom stereocenters. The summed E-state index contributed by atoms with van der Waals surface area (Å²) in [4.78, 5) is 28.3. The Morgan fingerprint density at radius 2 is 1.74 bits per heavy atom. The second-order valence-corrected chi connectivity index (χ2v) is 6.16. The van der Waals surface area contributed by atoms with Gasteiger partial charge in [0.15, 0.2) is 18.1 Å². The minimum Gasteiger partial charge on any atom is -0.453 e. The number of thiazole rings is 1. The van der Waals surface area contributed by atoms with Gasteiger partial charge >= 0.3 is 12.6 Å². The Morgan fingerprint density at radius 3 is 2.41 bits per heavy atom. The summed E-state index contributed by atoms with van der Waals surface area (Å²) in [5.74, 6) is -1.24. The van der Waals surface area contributed by atoms with Gasteiger partial charge in [0.1, 0.15) is 10.8 Å². The molecule has 138 valence electrons. The molecule has 0 aliphatic heterocycles. The van der Waals surface area contributed by atoms with Gasteiger partial charge in [-0.05, 0) is 24.3 Å². The van der Waals surface area contributed by atoms with Crippen LogP contribution in [-0.2, 0) is 4.74 Å². The summed E-state index contributed by atoms with van der Waals surface area (Å²) in [6.45, 7) is -3.42. The van der Waals surface area contributed by atoms with Crippen LogP contribution in [0.5, 0.6) is 5.75 Å². The van der Waals surface area contributed by atoms with Crippen molar-refractivity contribution >= 4 is 23.1 Å². The fraction of sp³-hybridized carbons (Fsp3) is 0.105. The summed E-state index contributed by atoms with van der Waals surface area (Å²) < 4.78 is 33.4. The number of rotatable bonds is 7. The van der Waals surface area contributed by atoms with Crippen LogP contribution in [-0.4, -0.2) is 30.0 Å². The van der Waals surface area contributed by atoms with Gasteiger partial charge in [-0.25, -0.2) is 9.78 Å². The number of Topliss-reactive ketones (excluding diaryl/α,β-unsaturated/α-hetero) is 1.